The SMILES string of the molecule is COc1ccc(S(=O)(=O)N2CCCO[C@@H]2CNC(=O)C(=O)NCC(C)C)cc1C. The summed E-state index contributed by atoms with van der Waals surface area (Å²) < 4.78 is 38.2. The van der Waals surface area contributed by atoms with Crippen LogP contribution < -0.4 is 15.4 Å². The molecule has 1 heterocycles. The van der Waals surface area contributed by atoms with Crippen LogP contribution in [0, 0.1) is 12.8 Å². The molecule has 0 aliphatic carbocycles. The lowest BCUT2D eigenvalue weighted by atomic mass is 10.2. The van der Waals surface area contributed by atoms with E-state index in [0.717, 1.165) is 0 Å². The zero-order chi connectivity index (χ0) is 21.6. The minimum absolute atomic E-state index is 0.118. The van der Waals surface area contributed by atoms with E-state index >= 15 is 0 Å². The van der Waals surface area contributed by atoms with Gasteiger partial charge in [0.25, 0.3) is 0 Å². The zero-order valence-corrected chi connectivity index (χ0v) is 18.0. The number of ether oxygens (including phenoxy) is 2. The summed E-state index contributed by atoms with van der Waals surface area (Å²) in [4.78, 5) is 23.9. The molecule has 0 bridgehead atoms. The molecule has 1 fully saturated rings. The molecule has 1 saturated heterocycles. The molecule has 1 atom stereocenters. The molecule has 0 aromatic heterocycles. The standard InChI is InChI=1S/C19H29N3O6S/c1-13(2)11-20-18(23)19(24)21-12-17-22(8-5-9-28-17)29(25,26)15-6-7-16(27-4)14(3)10-15/h6-7,10,13,17H,5,8-9,11-12H2,1-4H3,(H,20,23)(H,21,24)/t17-/m1/s1. The van der Waals surface area contributed by atoms with Crippen LogP contribution in [-0.2, 0) is 24.3 Å². The second kappa shape index (κ2) is 10.0. The number of hydrogen-bond acceptors (Lipinski definition) is 6. The topological polar surface area (TPSA) is 114 Å². The third kappa shape index (κ3) is 5.91. The van der Waals surface area contributed by atoms with Gasteiger partial charge in [0.05, 0.1) is 25.2 Å². The van der Waals surface area contributed by atoms with Crippen LogP contribution in [0.4, 0.5) is 0 Å². The van der Waals surface area contributed by atoms with Crippen LogP contribution in [0.1, 0.15) is 25.8 Å². The van der Waals surface area contributed by atoms with Crippen molar-refractivity contribution in [2.24, 2.45) is 5.92 Å². The fraction of sp³-hybridized carbons (Fsp3) is 0.579. The van der Waals surface area contributed by atoms with E-state index in [-0.39, 0.29) is 23.9 Å². The normalized spacial score (nSPS) is 17.8. The quantitative estimate of drug-likeness (QED) is 0.617. The molecule has 162 valence electrons. The maximum atomic E-state index is 13.1. The van der Waals surface area contributed by atoms with E-state index in [1.165, 1.54) is 23.5 Å². The molecule has 0 unspecified atom stereocenters. The number of amides is 2. The number of nitrogens with one attached hydrogen (secondary N) is 2. The van der Waals surface area contributed by atoms with Crippen molar-refractivity contribution in [1.82, 2.24) is 14.9 Å². The minimum atomic E-state index is -3.85. The molecule has 0 radical (unpaired) electrons. The summed E-state index contributed by atoms with van der Waals surface area (Å²) in [6.07, 6.45) is -0.355. The predicted molar refractivity (Wildman–Crippen MR) is 107 cm³/mol. The summed E-state index contributed by atoms with van der Waals surface area (Å²) in [5.74, 6) is -0.774. The van der Waals surface area contributed by atoms with Gasteiger partial charge in [-0.25, -0.2) is 8.42 Å². The molecule has 10 heteroatoms. The third-order valence-corrected chi connectivity index (χ3v) is 6.33. The highest BCUT2D eigenvalue weighted by Crippen LogP contribution is 2.26. The highest BCUT2D eigenvalue weighted by Gasteiger charge is 2.35. The Morgan fingerprint density at radius 2 is 1.97 bits per heavy atom. The molecule has 1 aliphatic rings. The van der Waals surface area contributed by atoms with Gasteiger partial charge in [0.2, 0.25) is 10.0 Å². The Morgan fingerprint density at radius 1 is 1.28 bits per heavy atom. The molecule has 2 rings (SSSR count). The van der Waals surface area contributed by atoms with Crippen molar-refractivity contribution in [3.05, 3.63) is 23.8 Å². The van der Waals surface area contributed by atoms with Crippen molar-refractivity contribution in [2.75, 3.05) is 33.4 Å². The van der Waals surface area contributed by atoms with Crippen LogP contribution in [-0.4, -0.2) is 64.1 Å². The van der Waals surface area contributed by atoms with Crippen molar-refractivity contribution in [3.8, 4) is 5.75 Å². The molecule has 0 saturated carbocycles. The summed E-state index contributed by atoms with van der Waals surface area (Å²) in [5.41, 5.74) is 0.693. The Balaban J connectivity index is 2.09. The van der Waals surface area contributed by atoms with Crippen LogP contribution in [0.25, 0.3) is 0 Å². The van der Waals surface area contributed by atoms with E-state index in [2.05, 4.69) is 10.6 Å². The van der Waals surface area contributed by atoms with Gasteiger partial charge in [-0.15, -0.1) is 0 Å². The average molecular weight is 428 g/mol. The number of methoxy groups -OCH3 is 1. The highest BCUT2D eigenvalue weighted by molar-refractivity contribution is 7.89. The number of hydrogen-bond donors (Lipinski definition) is 2. The molecule has 2 N–H and O–H groups in total. The average Bonchev–Trinajstić information content (AvgIpc) is 2.70. The van der Waals surface area contributed by atoms with Gasteiger partial charge in [0, 0.05) is 13.1 Å². The Bertz CT molecular complexity index is 840. The number of carbonyl (C=O) groups excluding carboxylic acids is 2. The largest absolute Gasteiger partial charge is 0.496 e. The van der Waals surface area contributed by atoms with Crippen LogP contribution >= 0.6 is 0 Å². The molecule has 2 amide bonds. The number of rotatable bonds is 7. The summed E-state index contributed by atoms with van der Waals surface area (Å²) in [6.45, 7) is 6.47. The molecule has 29 heavy (non-hydrogen) atoms. The molecule has 0 spiro atoms. The Morgan fingerprint density at radius 3 is 2.59 bits per heavy atom. The van der Waals surface area contributed by atoms with E-state index in [1.807, 2.05) is 13.8 Å². The number of benzene rings is 1. The van der Waals surface area contributed by atoms with Crippen molar-refractivity contribution in [1.29, 1.82) is 0 Å². The van der Waals surface area contributed by atoms with Crippen molar-refractivity contribution < 1.29 is 27.5 Å². The summed E-state index contributed by atoms with van der Waals surface area (Å²) in [6, 6.07) is 4.62. The van der Waals surface area contributed by atoms with Gasteiger partial charge in [-0.3, -0.25) is 9.59 Å². The van der Waals surface area contributed by atoms with Gasteiger partial charge in [-0.1, -0.05) is 13.8 Å². The Kier molecular flexibility index (Phi) is 8.00. The fourth-order valence-electron chi connectivity index (χ4n) is 2.89. The number of carbonyl (C=O) groups is 2. The molecule has 1 aliphatic heterocycles. The van der Waals surface area contributed by atoms with Crippen molar-refractivity contribution >= 4 is 21.8 Å². The fourth-order valence-corrected chi connectivity index (χ4v) is 4.54. The van der Waals surface area contributed by atoms with Gasteiger partial charge < -0.3 is 20.1 Å². The van der Waals surface area contributed by atoms with Crippen LogP contribution in [0.2, 0.25) is 0 Å². The third-order valence-electron chi connectivity index (χ3n) is 4.44. The van der Waals surface area contributed by atoms with Crippen molar-refractivity contribution in [3.63, 3.8) is 0 Å². The summed E-state index contributed by atoms with van der Waals surface area (Å²) >= 11 is 0. The first kappa shape index (κ1) is 23.1. The lowest BCUT2D eigenvalue weighted by molar-refractivity contribution is -0.140. The minimum Gasteiger partial charge on any atom is -0.496 e. The molecule has 1 aromatic rings. The first-order chi connectivity index (χ1) is 13.7. The van der Waals surface area contributed by atoms with Gasteiger partial charge in [0.15, 0.2) is 0 Å². The van der Waals surface area contributed by atoms with Gasteiger partial charge in [0.1, 0.15) is 12.0 Å². The van der Waals surface area contributed by atoms with Gasteiger partial charge >= 0.3 is 11.8 Å². The number of sulfonamides is 1. The van der Waals surface area contributed by atoms with Gasteiger partial charge in [-0.05, 0) is 43.0 Å². The van der Waals surface area contributed by atoms with Crippen molar-refractivity contribution in [2.45, 2.75) is 38.3 Å². The summed E-state index contributed by atoms with van der Waals surface area (Å²) in [7, 11) is -2.33. The van der Waals surface area contributed by atoms with E-state index in [9.17, 15) is 18.0 Å². The lowest BCUT2D eigenvalue weighted by Gasteiger charge is -2.34. The Labute approximate surface area is 171 Å². The second-order valence-corrected chi connectivity index (χ2v) is 9.13. The predicted octanol–water partition coefficient (Wildman–Crippen LogP) is 0.629. The zero-order valence-electron chi connectivity index (χ0n) is 17.2. The van der Waals surface area contributed by atoms with Gasteiger partial charge in [-0.2, -0.15) is 4.31 Å². The van der Waals surface area contributed by atoms with Crippen LogP contribution in [0.5, 0.6) is 5.75 Å². The molecule has 9 nitrogen and oxygen atoms in total. The van der Waals surface area contributed by atoms with Crippen LogP contribution in [0.3, 0.4) is 0 Å². The van der Waals surface area contributed by atoms with Crippen LogP contribution in [0.15, 0.2) is 23.1 Å². The van der Waals surface area contributed by atoms with E-state index < -0.39 is 28.1 Å². The summed E-state index contributed by atoms with van der Waals surface area (Å²) in [5, 5.41) is 4.98. The molecule has 1 aromatic carbocycles. The first-order valence-electron chi connectivity index (χ1n) is 9.51. The second-order valence-electron chi connectivity index (χ2n) is 7.24. The number of aryl methyl sites for hydroxylation is 1. The Hall–Kier alpha value is -2.17. The molecular formula is C19H29N3O6S. The maximum Gasteiger partial charge on any atom is 0.309 e. The smallest absolute Gasteiger partial charge is 0.309 e. The first-order valence-corrected chi connectivity index (χ1v) is 10.9. The molecular weight excluding hydrogens is 398 g/mol. The van der Waals surface area contributed by atoms with E-state index in [1.54, 1.807) is 13.0 Å². The highest BCUT2D eigenvalue weighted by atomic mass is 32.2. The maximum absolute atomic E-state index is 13.1. The van der Waals surface area contributed by atoms with E-state index in [4.69, 9.17) is 9.47 Å². The van der Waals surface area contributed by atoms with E-state index in [0.29, 0.717) is 30.9 Å². The monoisotopic (exact) mass is 427 g/mol. The lowest BCUT2D eigenvalue weighted by Crippen LogP contribution is -2.53. The number of nitrogens with zero attached hydrogens (tertiary/aromatic N) is 1.